The molecule has 5 nitrogen and oxygen atoms in total. The first-order valence-corrected chi connectivity index (χ1v) is 7.61. The molecular formula is C14H20N2O3S. The molecular weight excluding hydrogens is 276 g/mol. The van der Waals surface area contributed by atoms with E-state index in [9.17, 15) is 9.59 Å². The highest BCUT2D eigenvalue weighted by molar-refractivity contribution is 7.98. The van der Waals surface area contributed by atoms with Crippen LogP contribution >= 0.6 is 11.8 Å². The number of primary amides is 1. The molecule has 0 fully saturated rings. The van der Waals surface area contributed by atoms with Gasteiger partial charge in [-0.2, -0.15) is 11.8 Å². The fourth-order valence-electron chi connectivity index (χ4n) is 1.67. The number of nitrogens with one attached hydrogen (secondary N) is 1. The van der Waals surface area contributed by atoms with Crippen molar-refractivity contribution in [3.8, 4) is 0 Å². The minimum absolute atomic E-state index is 0.0844. The number of hydrogen-bond donors (Lipinski definition) is 3. The Morgan fingerprint density at radius 2 is 2.00 bits per heavy atom. The van der Waals surface area contributed by atoms with Crippen LogP contribution in [-0.4, -0.2) is 35.3 Å². The van der Waals surface area contributed by atoms with Gasteiger partial charge in [0.05, 0.1) is 0 Å². The van der Waals surface area contributed by atoms with Gasteiger partial charge < -0.3 is 16.2 Å². The third kappa shape index (κ3) is 7.16. The van der Waals surface area contributed by atoms with Gasteiger partial charge in [0, 0.05) is 24.5 Å². The summed E-state index contributed by atoms with van der Waals surface area (Å²) in [6.45, 7) is 0.591. The number of carboxylic acids is 1. The largest absolute Gasteiger partial charge is 0.480 e. The number of carbonyl (C=O) groups is 2. The van der Waals surface area contributed by atoms with Gasteiger partial charge in [0.1, 0.15) is 6.04 Å². The van der Waals surface area contributed by atoms with E-state index in [1.807, 2.05) is 18.2 Å². The summed E-state index contributed by atoms with van der Waals surface area (Å²) in [5.41, 5.74) is 6.27. The maximum absolute atomic E-state index is 11.0. The molecule has 0 spiro atoms. The van der Waals surface area contributed by atoms with Crippen LogP contribution in [0.15, 0.2) is 30.3 Å². The van der Waals surface area contributed by atoms with Gasteiger partial charge in [0.15, 0.2) is 0 Å². The summed E-state index contributed by atoms with van der Waals surface area (Å²) in [5.74, 6) is 0.298. The second-order valence-corrected chi connectivity index (χ2v) is 5.49. The average Bonchev–Trinajstić information content (AvgIpc) is 2.42. The topological polar surface area (TPSA) is 92.4 Å². The van der Waals surface area contributed by atoms with E-state index >= 15 is 0 Å². The van der Waals surface area contributed by atoms with E-state index in [4.69, 9.17) is 10.8 Å². The first-order chi connectivity index (χ1) is 9.59. The van der Waals surface area contributed by atoms with Gasteiger partial charge in [-0.1, -0.05) is 30.3 Å². The average molecular weight is 296 g/mol. The lowest BCUT2D eigenvalue weighted by molar-refractivity contribution is -0.139. The Bertz CT molecular complexity index is 426. The van der Waals surface area contributed by atoms with E-state index in [0.29, 0.717) is 6.54 Å². The number of rotatable bonds is 10. The maximum atomic E-state index is 11.0. The molecule has 0 aromatic heterocycles. The highest BCUT2D eigenvalue weighted by atomic mass is 32.2. The summed E-state index contributed by atoms with van der Waals surface area (Å²) >= 11 is 1.74. The monoisotopic (exact) mass is 296 g/mol. The van der Waals surface area contributed by atoms with Crippen molar-refractivity contribution in [3.63, 3.8) is 0 Å². The Morgan fingerprint density at radius 1 is 1.30 bits per heavy atom. The Labute approximate surface area is 122 Å². The number of carbonyl (C=O) groups excluding carboxylic acids is 1. The Kier molecular flexibility index (Phi) is 7.75. The fourth-order valence-corrected chi connectivity index (χ4v) is 2.50. The van der Waals surface area contributed by atoms with E-state index in [0.717, 1.165) is 11.5 Å². The molecule has 1 rings (SSSR count). The molecule has 0 aliphatic heterocycles. The zero-order valence-electron chi connectivity index (χ0n) is 11.2. The Balaban J connectivity index is 2.17. The molecule has 0 radical (unpaired) electrons. The molecule has 1 aromatic rings. The summed E-state index contributed by atoms with van der Waals surface area (Å²) < 4.78 is 0. The third-order valence-corrected chi connectivity index (χ3v) is 3.76. The SMILES string of the molecule is NC(=O)CCC(NCCSCc1ccccc1)C(=O)O. The van der Waals surface area contributed by atoms with Crippen molar-refractivity contribution in [2.24, 2.45) is 5.73 Å². The smallest absolute Gasteiger partial charge is 0.320 e. The molecule has 0 saturated carbocycles. The molecule has 110 valence electrons. The van der Waals surface area contributed by atoms with Crippen molar-refractivity contribution >= 4 is 23.6 Å². The van der Waals surface area contributed by atoms with Crippen molar-refractivity contribution in [2.45, 2.75) is 24.6 Å². The van der Waals surface area contributed by atoms with Gasteiger partial charge in [0.25, 0.3) is 0 Å². The molecule has 0 bridgehead atoms. The van der Waals surface area contributed by atoms with E-state index in [2.05, 4.69) is 17.4 Å². The molecule has 1 atom stereocenters. The lowest BCUT2D eigenvalue weighted by Crippen LogP contribution is -2.38. The van der Waals surface area contributed by atoms with Crippen LogP contribution in [0.3, 0.4) is 0 Å². The fraction of sp³-hybridized carbons (Fsp3) is 0.429. The van der Waals surface area contributed by atoms with E-state index < -0.39 is 17.9 Å². The van der Waals surface area contributed by atoms with Crippen molar-refractivity contribution in [1.29, 1.82) is 0 Å². The minimum atomic E-state index is -0.945. The standard InChI is InChI=1S/C14H20N2O3S/c15-13(17)7-6-12(14(18)19)16-8-9-20-10-11-4-2-1-3-5-11/h1-5,12,16H,6-10H2,(H2,15,17)(H,18,19). The number of thioether (sulfide) groups is 1. The number of amides is 1. The summed E-state index contributed by atoms with van der Waals surface area (Å²) in [5, 5.41) is 11.9. The summed E-state index contributed by atoms with van der Waals surface area (Å²) in [7, 11) is 0. The number of hydrogen-bond acceptors (Lipinski definition) is 4. The van der Waals surface area contributed by atoms with Gasteiger partial charge >= 0.3 is 5.97 Å². The van der Waals surface area contributed by atoms with Crippen LogP contribution in [0, 0.1) is 0 Å². The van der Waals surface area contributed by atoms with Gasteiger partial charge in [-0.3, -0.25) is 9.59 Å². The highest BCUT2D eigenvalue weighted by Gasteiger charge is 2.16. The maximum Gasteiger partial charge on any atom is 0.320 e. The summed E-state index contributed by atoms with van der Waals surface area (Å²) in [6.07, 6.45) is 0.315. The van der Waals surface area contributed by atoms with Gasteiger partial charge in [-0.05, 0) is 12.0 Å². The Morgan fingerprint density at radius 3 is 2.60 bits per heavy atom. The number of carboxylic acid groups (broad SMARTS) is 1. The number of nitrogens with two attached hydrogens (primary N) is 1. The van der Waals surface area contributed by atoms with Crippen LogP contribution in [0.25, 0.3) is 0 Å². The predicted molar refractivity (Wildman–Crippen MR) is 80.5 cm³/mol. The molecule has 20 heavy (non-hydrogen) atoms. The minimum Gasteiger partial charge on any atom is -0.480 e. The van der Waals surface area contributed by atoms with Crippen LogP contribution < -0.4 is 11.1 Å². The first-order valence-electron chi connectivity index (χ1n) is 6.45. The number of benzene rings is 1. The van der Waals surface area contributed by atoms with Crippen LogP contribution in [0.2, 0.25) is 0 Å². The normalized spacial score (nSPS) is 12.0. The van der Waals surface area contributed by atoms with Crippen LogP contribution in [0.1, 0.15) is 18.4 Å². The van der Waals surface area contributed by atoms with Gasteiger partial charge in [-0.25, -0.2) is 0 Å². The van der Waals surface area contributed by atoms with Crippen molar-refractivity contribution in [3.05, 3.63) is 35.9 Å². The lowest BCUT2D eigenvalue weighted by Gasteiger charge is -2.13. The van der Waals surface area contributed by atoms with Crippen LogP contribution in [0.4, 0.5) is 0 Å². The van der Waals surface area contributed by atoms with Crippen LogP contribution in [-0.2, 0) is 15.3 Å². The summed E-state index contributed by atoms with van der Waals surface area (Å²) in [4.78, 5) is 21.6. The van der Waals surface area contributed by atoms with Crippen molar-refractivity contribution in [2.75, 3.05) is 12.3 Å². The highest BCUT2D eigenvalue weighted by Crippen LogP contribution is 2.10. The Hall–Kier alpha value is -1.53. The number of aliphatic carboxylic acids is 1. The third-order valence-electron chi connectivity index (χ3n) is 2.73. The van der Waals surface area contributed by atoms with E-state index in [-0.39, 0.29) is 12.8 Å². The molecule has 0 heterocycles. The van der Waals surface area contributed by atoms with Crippen molar-refractivity contribution in [1.82, 2.24) is 5.32 Å². The second kappa shape index (κ2) is 9.39. The van der Waals surface area contributed by atoms with E-state index in [1.54, 1.807) is 11.8 Å². The summed E-state index contributed by atoms with van der Waals surface area (Å²) in [6, 6.07) is 9.39. The van der Waals surface area contributed by atoms with Gasteiger partial charge in [0.2, 0.25) is 5.91 Å². The van der Waals surface area contributed by atoms with Gasteiger partial charge in [-0.15, -0.1) is 0 Å². The van der Waals surface area contributed by atoms with Crippen molar-refractivity contribution < 1.29 is 14.7 Å². The lowest BCUT2D eigenvalue weighted by atomic mass is 10.1. The molecule has 6 heteroatoms. The van der Waals surface area contributed by atoms with E-state index in [1.165, 1.54) is 5.56 Å². The quantitative estimate of drug-likeness (QED) is 0.565. The molecule has 0 saturated heterocycles. The molecule has 1 unspecified atom stereocenters. The second-order valence-electron chi connectivity index (χ2n) is 4.39. The zero-order chi connectivity index (χ0) is 14.8. The zero-order valence-corrected chi connectivity index (χ0v) is 12.1. The predicted octanol–water partition coefficient (Wildman–Crippen LogP) is 1.23. The first kappa shape index (κ1) is 16.5. The molecule has 0 aliphatic rings. The molecule has 1 amide bonds. The molecule has 4 N–H and O–H groups in total. The molecule has 1 aromatic carbocycles. The van der Waals surface area contributed by atoms with Crippen LogP contribution in [0.5, 0.6) is 0 Å². The molecule has 0 aliphatic carbocycles.